The molecule has 0 aliphatic rings. The fourth-order valence-corrected chi connectivity index (χ4v) is 6.17. The van der Waals surface area contributed by atoms with Crippen molar-refractivity contribution in [3.63, 3.8) is 0 Å². The van der Waals surface area contributed by atoms with Crippen LogP contribution in [-0.2, 0) is 21.2 Å². The van der Waals surface area contributed by atoms with Crippen molar-refractivity contribution in [2.75, 3.05) is 5.43 Å². The number of nitrogens with zero attached hydrogens (tertiary/aromatic N) is 2. The Morgan fingerprint density at radius 3 is 2.56 bits per heavy atom. The smallest absolute Gasteiger partial charge is 0.264 e. The van der Waals surface area contributed by atoms with Gasteiger partial charge < -0.3 is 4.42 Å². The van der Waals surface area contributed by atoms with Gasteiger partial charge >= 0.3 is 0 Å². The number of benzene rings is 3. The molecule has 41 heavy (non-hydrogen) atoms. The highest BCUT2D eigenvalue weighted by atomic mass is 32.2. The van der Waals surface area contributed by atoms with Gasteiger partial charge in [-0.15, -0.1) is 0 Å². The number of unbranched alkanes of at least 4 members (excludes halogenated alkanes) is 2. The normalized spacial score (nSPS) is 12.0. The fraction of sp³-hybridized carbons (Fsp3) is 0.194. The Morgan fingerprint density at radius 1 is 0.927 bits per heavy atom. The molecule has 0 unspecified atom stereocenters. The van der Waals surface area contributed by atoms with E-state index in [1.165, 1.54) is 29.0 Å². The Balaban J connectivity index is 1.16. The van der Waals surface area contributed by atoms with Gasteiger partial charge in [-0.25, -0.2) is 18.1 Å². The van der Waals surface area contributed by atoms with E-state index >= 15 is 0 Å². The van der Waals surface area contributed by atoms with Gasteiger partial charge in [0.2, 0.25) is 11.0 Å². The van der Waals surface area contributed by atoms with Crippen molar-refractivity contribution in [3.8, 4) is 11.3 Å². The van der Waals surface area contributed by atoms with Crippen LogP contribution in [0.15, 0.2) is 105 Å². The monoisotopic (exact) mass is 586 g/mol. The largest absolute Gasteiger partial charge is 0.455 e. The zero-order valence-electron chi connectivity index (χ0n) is 22.5. The summed E-state index contributed by atoms with van der Waals surface area (Å²) in [6, 6.07) is 27.8. The molecule has 2 heterocycles. The van der Waals surface area contributed by atoms with Gasteiger partial charge in [-0.05, 0) is 68.1 Å². The molecule has 8 nitrogen and oxygen atoms in total. The van der Waals surface area contributed by atoms with Crippen molar-refractivity contribution in [2.45, 2.75) is 43.9 Å². The lowest BCUT2D eigenvalue weighted by atomic mass is 10.1. The molecular weight excluding hydrogens is 556 g/mol. The minimum atomic E-state index is -4.02. The van der Waals surface area contributed by atoms with E-state index in [0.29, 0.717) is 34.3 Å². The summed E-state index contributed by atoms with van der Waals surface area (Å²) < 4.78 is 35.0. The highest BCUT2D eigenvalue weighted by Gasteiger charge is 2.19. The summed E-state index contributed by atoms with van der Waals surface area (Å²) in [5.41, 5.74) is 6.31. The maximum Gasteiger partial charge on any atom is 0.264 e. The fourth-order valence-electron chi connectivity index (χ4n) is 4.31. The van der Waals surface area contributed by atoms with Gasteiger partial charge in [-0.3, -0.25) is 10.2 Å². The molecule has 0 radical (unpaired) electrons. The quantitative estimate of drug-likeness (QED) is 0.0924. The van der Waals surface area contributed by atoms with E-state index in [9.17, 15) is 13.2 Å². The summed E-state index contributed by atoms with van der Waals surface area (Å²) in [6.45, 7) is 1.81. The number of aryl methyl sites for hydroxylation is 1. The van der Waals surface area contributed by atoms with Gasteiger partial charge in [0.05, 0.1) is 15.1 Å². The van der Waals surface area contributed by atoms with Gasteiger partial charge in [0.25, 0.3) is 10.0 Å². The molecule has 10 heteroatoms. The molecule has 210 valence electrons. The van der Waals surface area contributed by atoms with E-state index in [0.717, 1.165) is 29.5 Å². The van der Waals surface area contributed by atoms with Crippen LogP contribution in [0.4, 0.5) is 5.13 Å². The number of carbonyl (C=O) groups excluding carboxylic acids is 1. The number of furan rings is 1. The summed E-state index contributed by atoms with van der Waals surface area (Å²) in [5.74, 6) is 0.502. The van der Waals surface area contributed by atoms with Crippen LogP contribution in [0.5, 0.6) is 0 Å². The number of para-hydroxylation sites is 1. The molecule has 0 atom stereocenters. The molecule has 3 aromatic carbocycles. The highest BCUT2D eigenvalue weighted by molar-refractivity contribution is 7.90. The van der Waals surface area contributed by atoms with E-state index in [1.807, 2.05) is 42.5 Å². The van der Waals surface area contributed by atoms with Gasteiger partial charge in [-0.2, -0.15) is 5.10 Å². The van der Waals surface area contributed by atoms with Crippen LogP contribution in [-0.4, -0.2) is 25.0 Å². The lowest BCUT2D eigenvalue weighted by Crippen LogP contribution is -2.30. The van der Waals surface area contributed by atoms with E-state index in [1.54, 1.807) is 31.2 Å². The number of rotatable bonds is 12. The summed E-state index contributed by atoms with van der Waals surface area (Å²) in [4.78, 5) is 16.9. The van der Waals surface area contributed by atoms with Gasteiger partial charge in [0.15, 0.2) is 5.76 Å². The van der Waals surface area contributed by atoms with Crippen molar-refractivity contribution in [3.05, 3.63) is 102 Å². The topological polar surface area (TPSA) is 114 Å². The summed E-state index contributed by atoms with van der Waals surface area (Å²) in [7, 11) is -4.02. The molecule has 0 spiro atoms. The Labute approximate surface area is 243 Å². The van der Waals surface area contributed by atoms with Crippen molar-refractivity contribution in [2.24, 2.45) is 5.10 Å². The van der Waals surface area contributed by atoms with E-state index in [4.69, 9.17) is 4.42 Å². The zero-order chi connectivity index (χ0) is 28.7. The number of hydrogen-bond donors (Lipinski definition) is 2. The third-order valence-corrected chi connectivity index (χ3v) is 8.78. The summed E-state index contributed by atoms with van der Waals surface area (Å²) in [6.07, 6.45) is 3.50. The third kappa shape index (κ3) is 7.47. The minimum Gasteiger partial charge on any atom is -0.455 e. The molecule has 5 rings (SSSR count). The zero-order valence-corrected chi connectivity index (χ0v) is 24.2. The number of amides is 1. The molecule has 2 N–H and O–H groups in total. The van der Waals surface area contributed by atoms with E-state index in [2.05, 4.69) is 32.4 Å². The summed E-state index contributed by atoms with van der Waals surface area (Å²) >= 11 is 1.50. The first kappa shape index (κ1) is 28.3. The summed E-state index contributed by atoms with van der Waals surface area (Å²) in [5, 5.41) is 5.06. The second kappa shape index (κ2) is 12.9. The number of anilines is 1. The van der Waals surface area contributed by atoms with Crippen LogP contribution >= 0.6 is 11.3 Å². The molecule has 2 aromatic heterocycles. The standard InChI is InChI=1S/C31H30N4O4S2/c1-22(33-34-31-32-26-16-8-9-17-29(26)40-31)27-19-20-28(39-27)24-14-10-15-25(21-24)41(37,38)35-30(36)18-7-3-6-13-23-11-4-2-5-12-23/h2,4-5,8-12,14-17,19-21H,3,6-7,13,18H2,1H3,(H,32,34)(H,35,36)/b33-22+. The lowest BCUT2D eigenvalue weighted by molar-refractivity contribution is -0.119. The Bertz CT molecular complexity index is 1740. The van der Waals surface area contributed by atoms with Crippen molar-refractivity contribution >= 4 is 48.3 Å². The average molecular weight is 587 g/mol. The molecule has 0 saturated heterocycles. The van der Waals surface area contributed by atoms with Gasteiger partial charge in [-0.1, -0.05) is 72.4 Å². The lowest BCUT2D eigenvalue weighted by Gasteiger charge is -2.08. The van der Waals surface area contributed by atoms with E-state index in [-0.39, 0.29) is 11.3 Å². The average Bonchev–Trinajstić information content (AvgIpc) is 3.64. The number of aromatic nitrogens is 1. The first-order chi connectivity index (χ1) is 19.9. The Kier molecular flexibility index (Phi) is 8.91. The SMILES string of the molecule is C/C(=N\Nc1nc2ccccc2s1)c1ccc(-c2cccc(S(=O)(=O)NC(=O)CCCCCc3ccccc3)c2)o1. The maximum atomic E-state index is 12.9. The molecule has 0 aliphatic carbocycles. The van der Waals surface area contributed by atoms with Gasteiger partial charge in [0, 0.05) is 12.0 Å². The van der Waals surface area contributed by atoms with Crippen molar-refractivity contribution < 1.29 is 17.6 Å². The van der Waals surface area contributed by atoms with Crippen molar-refractivity contribution in [1.82, 2.24) is 9.71 Å². The van der Waals surface area contributed by atoms with Crippen LogP contribution in [0.2, 0.25) is 0 Å². The molecule has 1 amide bonds. The van der Waals surface area contributed by atoms with Crippen LogP contribution in [0.3, 0.4) is 0 Å². The van der Waals surface area contributed by atoms with Crippen LogP contribution in [0, 0.1) is 0 Å². The third-order valence-electron chi connectivity index (χ3n) is 6.46. The molecule has 0 fully saturated rings. The first-order valence-corrected chi connectivity index (χ1v) is 15.6. The Hall–Kier alpha value is -4.28. The van der Waals surface area contributed by atoms with Crippen LogP contribution in [0.1, 0.15) is 43.9 Å². The number of sulfonamides is 1. The predicted molar refractivity (Wildman–Crippen MR) is 164 cm³/mol. The number of carbonyl (C=O) groups is 1. The molecule has 0 bridgehead atoms. The highest BCUT2D eigenvalue weighted by Crippen LogP contribution is 2.27. The number of nitrogens with one attached hydrogen (secondary N) is 2. The number of fused-ring (bicyclic) bond motifs is 1. The molecule has 0 saturated carbocycles. The van der Waals surface area contributed by atoms with E-state index < -0.39 is 15.9 Å². The molecular formula is C31H30N4O4S2. The van der Waals surface area contributed by atoms with Crippen LogP contribution < -0.4 is 10.1 Å². The number of hydrazone groups is 1. The first-order valence-electron chi connectivity index (χ1n) is 13.3. The van der Waals surface area contributed by atoms with Crippen molar-refractivity contribution in [1.29, 1.82) is 0 Å². The maximum absolute atomic E-state index is 12.9. The molecule has 0 aliphatic heterocycles. The number of hydrogen-bond acceptors (Lipinski definition) is 8. The minimum absolute atomic E-state index is 0.00623. The second-order valence-corrected chi connectivity index (χ2v) is 12.3. The molecule has 5 aromatic rings. The second-order valence-electron chi connectivity index (χ2n) is 9.56. The van der Waals surface area contributed by atoms with Crippen LogP contribution in [0.25, 0.3) is 21.5 Å². The van der Waals surface area contributed by atoms with Gasteiger partial charge in [0.1, 0.15) is 11.5 Å². The predicted octanol–water partition coefficient (Wildman–Crippen LogP) is 7.00. The number of thiazole rings is 1. The Morgan fingerprint density at radius 2 is 1.73 bits per heavy atom.